The molecule has 0 amide bonds. The first-order valence-corrected chi connectivity index (χ1v) is 3.06. The predicted molar refractivity (Wildman–Crippen MR) is 38.0 cm³/mol. The Kier molecular flexibility index (Phi) is 2.29. The Hall–Kier alpha value is -1.02. The molecule has 2 nitrogen and oxygen atoms in total. The summed E-state index contributed by atoms with van der Waals surface area (Å²) in [5.74, 6) is 0.252. The topological polar surface area (TPSA) is 40.5 Å². The molecular formula is C8H9O2. The van der Waals surface area contributed by atoms with Crippen LogP contribution < -0.4 is 0 Å². The lowest BCUT2D eigenvalue weighted by molar-refractivity contribution is 0.385. The van der Waals surface area contributed by atoms with Gasteiger partial charge in [0.2, 0.25) is 0 Å². The first-order chi connectivity index (χ1) is 4.83. The van der Waals surface area contributed by atoms with Crippen LogP contribution in [-0.4, -0.2) is 10.2 Å². The monoisotopic (exact) mass is 137 g/mol. The van der Waals surface area contributed by atoms with Gasteiger partial charge in [0, 0.05) is 6.42 Å². The summed E-state index contributed by atoms with van der Waals surface area (Å²) < 4.78 is 0. The van der Waals surface area contributed by atoms with Gasteiger partial charge in [-0.15, -0.1) is 0 Å². The molecule has 10 heavy (non-hydrogen) atoms. The summed E-state index contributed by atoms with van der Waals surface area (Å²) in [6.07, 6.45) is 0.528. The second kappa shape index (κ2) is 3.22. The summed E-state index contributed by atoms with van der Waals surface area (Å²) in [5.41, 5.74) is 0.986. The van der Waals surface area contributed by atoms with Gasteiger partial charge in [0.1, 0.15) is 5.75 Å². The zero-order chi connectivity index (χ0) is 7.40. The van der Waals surface area contributed by atoms with Crippen LogP contribution in [0.25, 0.3) is 0 Å². The van der Waals surface area contributed by atoms with Crippen molar-refractivity contribution < 1.29 is 10.2 Å². The molecule has 0 fully saturated rings. The Bertz CT molecular complexity index is 191. The molecule has 0 unspecified atom stereocenters. The van der Waals surface area contributed by atoms with Crippen LogP contribution in [0.3, 0.4) is 0 Å². The smallest absolute Gasteiger partial charge is 0.115 e. The van der Waals surface area contributed by atoms with Crippen LogP contribution >= 0.6 is 0 Å². The third kappa shape index (κ3) is 1.74. The van der Waals surface area contributed by atoms with Gasteiger partial charge in [0.25, 0.3) is 0 Å². The molecule has 2 heteroatoms. The number of hydrogen-bond donors (Lipinski definition) is 2. The molecule has 0 aliphatic heterocycles. The van der Waals surface area contributed by atoms with Gasteiger partial charge in [-0.2, -0.15) is 0 Å². The Morgan fingerprint density at radius 1 is 1.20 bits per heavy atom. The number of phenolic OH excluding ortho intramolecular Hbond substituents is 1. The zero-order valence-electron chi connectivity index (χ0n) is 5.49. The largest absolute Gasteiger partial charge is 0.508 e. The molecule has 0 bridgehead atoms. The van der Waals surface area contributed by atoms with Gasteiger partial charge >= 0.3 is 0 Å². The first-order valence-electron chi connectivity index (χ1n) is 3.06. The molecule has 0 heterocycles. The molecule has 0 aliphatic rings. The zero-order valence-corrected chi connectivity index (χ0v) is 5.49. The van der Waals surface area contributed by atoms with Crippen LogP contribution in [0.4, 0.5) is 0 Å². The van der Waals surface area contributed by atoms with Crippen molar-refractivity contribution in [3.8, 4) is 5.75 Å². The highest BCUT2D eigenvalue weighted by Crippen LogP contribution is 2.09. The fourth-order valence-electron chi connectivity index (χ4n) is 0.737. The number of rotatable bonds is 2. The molecular weight excluding hydrogens is 128 g/mol. The maximum Gasteiger partial charge on any atom is 0.115 e. The summed E-state index contributed by atoms with van der Waals surface area (Å²) in [4.78, 5) is 0. The van der Waals surface area contributed by atoms with E-state index < -0.39 is 0 Å². The van der Waals surface area contributed by atoms with Crippen molar-refractivity contribution in [2.75, 3.05) is 0 Å². The Morgan fingerprint density at radius 2 is 1.80 bits per heavy atom. The number of benzene rings is 1. The van der Waals surface area contributed by atoms with Gasteiger partial charge in [-0.3, -0.25) is 0 Å². The quantitative estimate of drug-likeness (QED) is 0.648. The van der Waals surface area contributed by atoms with Crippen LogP contribution in [0, 0.1) is 6.61 Å². The minimum atomic E-state index is 0.252. The van der Waals surface area contributed by atoms with Crippen LogP contribution in [0.15, 0.2) is 24.3 Å². The fourth-order valence-corrected chi connectivity index (χ4v) is 0.737. The molecule has 0 saturated heterocycles. The van der Waals surface area contributed by atoms with E-state index in [4.69, 9.17) is 10.2 Å². The van der Waals surface area contributed by atoms with E-state index in [1.807, 2.05) is 0 Å². The van der Waals surface area contributed by atoms with Crippen molar-refractivity contribution in [3.63, 3.8) is 0 Å². The van der Waals surface area contributed by atoms with E-state index in [2.05, 4.69) is 0 Å². The SMILES string of the molecule is O[CH]Cc1ccc(O)cc1. The summed E-state index contributed by atoms with van der Waals surface area (Å²) in [6, 6.07) is 6.72. The number of aliphatic hydroxyl groups is 1. The lowest BCUT2D eigenvalue weighted by Crippen LogP contribution is -1.82. The molecule has 0 spiro atoms. The molecule has 1 rings (SSSR count). The molecule has 0 saturated carbocycles. The molecule has 0 atom stereocenters. The Balaban J connectivity index is 2.69. The van der Waals surface area contributed by atoms with Crippen LogP contribution in [0.5, 0.6) is 5.75 Å². The Morgan fingerprint density at radius 3 is 2.30 bits per heavy atom. The van der Waals surface area contributed by atoms with E-state index in [1.54, 1.807) is 24.3 Å². The van der Waals surface area contributed by atoms with Crippen molar-refractivity contribution >= 4 is 0 Å². The van der Waals surface area contributed by atoms with Crippen LogP contribution in [0.1, 0.15) is 5.56 Å². The minimum absolute atomic E-state index is 0.252. The Labute approximate surface area is 59.7 Å². The van der Waals surface area contributed by atoms with E-state index in [0.717, 1.165) is 12.2 Å². The van der Waals surface area contributed by atoms with Crippen molar-refractivity contribution in [1.29, 1.82) is 0 Å². The molecule has 1 radical (unpaired) electrons. The number of aliphatic hydroxyl groups excluding tert-OH is 1. The molecule has 0 aromatic heterocycles. The molecule has 1 aromatic carbocycles. The third-order valence-electron chi connectivity index (χ3n) is 1.26. The van der Waals surface area contributed by atoms with E-state index >= 15 is 0 Å². The second-order valence-electron chi connectivity index (χ2n) is 2.05. The van der Waals surface area contributed by atoms with Crippen molar-refractivity contribution in [1.82, 2.24) is 0 Å². The van der Waals surface area contributed by atoms with Gasteiger partial charge in [-0.25, -0.2) is 0 Å². The minimum Gasteiger partial charge on any atom is -0.508 e. The van der Waals surface area contributed by atoms with Crippen LogP contribution in [0.2, 0.25) is 0 Å². The van der Waals surface area contributed by atoms with Crippen molar-refractivity contribution in [2.45, 2.75) is 6.42 Å². The summed E-state index contributed by atoms with van der Waals surface area (Å²) in [6.45, 7) is 1.09. The summed E-state index contributed by atoms with van der Waals surface area (Å²) >= 11 is 0. The van der Waals surface area contributed by atoms with E-state index in [1.165, 1.54) is 0 Å². The van der Waals surface area contributed by atoms with Crippen LogP contribution in [-0.2, 0) is 6.42 Å². The fraction of sp³-hybridized carbons (Fsp3) is 0.125. The molecule has 0 aliphatic carbocycles. The van der Waals surface area contributed by atoms with Gasteiger partial charge in [-0.05, 0) is 17.7 Å². The van der Waals surface area contributed by atoms with Gasteiger partial charge in [0.05, 0.1) is 6.61 Å². The lowest BCUT2D eigenvalue weighted by Gasteiger charge is -1.95. The van der Waals surface area contributed by atoms with Gasteiger partial charge in [-0.1, -0.05) is 12.1 Å². The maximum atomic E-state index is 8.85. The average molecular weight is 137 g/mol. The normalized spacial score (nSPS) is 9.70. The van der Waals surface area contributed by atoms with Crippen molar-refractivity contribution in [3.05, 3.63) is 36.4 Å². The number of hydrogen-bond acceptors (Lipinski definition) is 2. The number of phenols is 1. The maximum absolute atomic E-state index is 8.85. The second-order valence-corrected chi connectivity index (χ2v) is 2.05. The summed E-state index contributed by atoms with van der Waals surface area (Å²) in [5, 5.41) is 17.3. The predicted octanol–water partition coefficient (Wildman–Crippen LogP) is 1.47. The van der Waals surface area contributed by atoms with E-state index in [-0.39, 0.29) is 5.75 Å². The third-order valence-corrected chi connectivity index (χ3v) is 1.26. The van der Waals surface area contributed by atoms with Crippen molar-refractivity contribution in [2.24, 2.45) is 0 Å². The average Bonchev–Trinajstić information content (AvgIpc) is 1.95. The number of aromatic hydroxyl groups is 1. The van der Waals surface area contributed by atoms with Gasteiger partial charge < -0.3 is 10.2 Å². The molecule has 53 valence electrons. The highest BCUT2D eigenvalue weighted by Gasteiger charge is 1.90. The summed E-state index contributed by atoms with van der Waals surface area (Å²) in [7, 11) is 0. The molecule has 1 aromatic rings. The van der Waals surface area contributed by atoms with E-state index in [0.29, 0.717) is 6.42 Å². The molecule has 2 N–H and O–H groups in total. The standard InChI is InChI=1S/C8H9O2/c9-6-5-7-1-3-8(10)4-2-7/h1-4,6,9-10H,5H2. The highest BCUT2D eigenvalue weighted by molar-refractivity contribution is 5.26. The van der Waals surface area contributed by atoms with Gasteiger partial charge in [0.15, 0.2) is 0 Å². The highest BCUT2D eigenvalue weighted by atomic mass is 16.3. The van der Waals surface area contributed by atoms with E-state index in [9.17, 15) is 0 Å². The first kappa shape index (κ1) is 7.09. The lowest BCUT2D eigenvalue weighted by atomic mass is 10.2.